The average molecular weight is 331 g/mol. The highest BCUT2D eigenvalue weighted by molar-refractivity contribution is 9.10. The number of hydrogen-bond acceptors (Lipinski definition) is 2. The maximum Gasteiger partial charge on any atom is 0.0660 e. The third-order valence-corrected chi connectivity index (χ3v) is 4.97. The standard InChI is InChI=1S/C13H13BrClNS/c1-7-5-9(15)3-4-10(7)12(16)13-11(14)6-8(2)17-13/h3-6,12H,16H2,1-2H3. The van der Waals surface area contributed by atoms with Gasteiger partial charge in [0, 0.05) is 19.2 Å². The second kappa shape index (κ2) is 5.11. The lowest BCUT2D eigenvalue weighted by atomic mass is 10.0. The van der Waals surface area contributed by atoms with Gasteiger partial charge in [-0.15, -0.1) is 11.3 Å². The molecule has 1 aromatic heterocycles. The van der Waals surface area contributed by atoms with Crippen LogP contribution in [0, 0.1) is 13.8 Å². The Bertz CT molecular complexity index is 550. The number of aryl methyl sites for hydroxylation is 2. The van der Waals surface area contributed by atoms with Crippen LogP contribution in [0.2, 0.25) is 5.02 Å². The van der Waals surface area contributed by atoms with Gasteiger partial charge in [0.2, 0.25) is 0 Å². The third-order valence-electron chi connectivity index (χ3n) is 2.69. The van der Waals surface area contributed by atoms with Crippen LogP contribution < -0.4 is 5.73 Å². The van der Waals surface area contributed by atoms with Gasteiger partial charge in [0.05, 0.1) is 6.04 Å². The van der Waals surface area contributed by atoms with Crippen LogP contribution in [-0.4, -0.2) is 0 Å². The monoisotopic (exact) mass is 329 g/mol. The van der Waals surface area contributed by atoms with Crippen LogP contribution in [0.5, 0.6) is 0 Å². The lowest BCUT2D eigenvalue weighted by Gasteiger charge is -2.14. The van der Waals surface area contributed by atoms with E-state index in [1.165, 1.54) is 4.88 Å². The van der Waals surface area contributed by atoms with E-state index >= 15 is 0 Å². The summed E-state index contributed by atoms with van der Waals surface area (Å²) in [5, 5.41) is 0.750. The van der Waals surface area contributed by atoms with E-state index in [1.807, 2.05) is 25.1 Å². The molecule has 17 heavy (non-hydrogen) atoms. The van der Waals surface area contributed by atoms with Crippen molar-refractivity contribution in [2.45, 2.75) is 19.9 Å². The Kier molecular flexibility index (Phi) is 3.93. The van der Waals surface area contributed by atoms with Crippen molar-refractivity contribution in [1.82, 2.24) is 0 Å². The summed E-state index contributed by atoms with van der Waals surface area (Å²) < 4.78 is 1.09. The van der Waals surface area contributed by atoms with Gasteiger partial charge in [0.25, 0.3) is 0 Å². The fourth-order valence-corrected chi connectivity index (χ4v) is 3.99. The zero-order valence-electron chi connectivity index (χ0n) is 9.63. The molecule has 0 amide bonds. The SMILES string of the molecule is Cc1cc(Br)c(C(N)c2ccc(Cl)cc2C)s1. The summed E-state index contributed by atoms with van der Waals surface area (Å²) in [6, 6.07) is 7.85. The maximum atomic E-state index is 6.32. The molecule has 1 atom stereocenters. The first-order valence-electron chi connectivity index (χ1n) is 5.26. The summed E-state index contributed by atoms with van der Waals surface area (Å²) in [4.78, 5) is 2.42. The van der Waals surface area contributed by atoms with E-state index in [9.17, 15) is 0 Å². The lowest BCUT2D eigenvalue weighted by Crippen LogP contribution is -2.12. The number of nitrogens with two attached hydrogens (primary N) is 1. The average Bonchev–Trinajstić information content (AvgIpc) is 2.57. The van der Waals surface area contributed by atoms with Crippen LogP contribution in [-0.2, 0) is 0 Å². The zero-order valence-corrected chi connectivity index (χ0v) is 12.8. The lowest BCUT2D eigenvalue weighted by molar-refractivity contribution is 0.878. The minimum absolute atomic E-state index is 0.0969. The molecule has 2 rings (SSSR count). The summed E-state index contributed by atoms with van der Waals surface area (Å²) in [6.45, 7) is 4.12. The first kappa shape index (κ1) is 13.1. The molecule has 90 valence electrons. The molecular weight excluding hydrogens is 318 g/mol. The molecule has 0 bridgehead atoms. The van der Waals surface area contributed by atoms with Crippen molar-refractivity contribution >= 4 is 38.9 Å². The van der Waals surface area contributed by atoms with Gasteiger partial charge in [-0.2, -0.15) is 0 Å². The first-order valence-corrected chi connectivity index (χ1v) is 7.25. The van der Waals surface area contributed by atoms with Crippen LogP contribution in [0.3, 0.4) is 0 Å². The molecule has 1 nitrogen and oxygen atoms in total. The Balaban J connectivity index is 2.43. The van der Waals surface area contributed by atoms with Gasteiger partial charge in [-0.3, -0.25) is 0 Å². The molecular formula is C13H13BrClNS. The molecule has 0 aliphatic rings. The van der Waals surface area contributed by atoms with E-state index in [0.29, 0.717) is 0 Å². The topological polar surface area (TPSA) is 26.0 Å². The van der Waals surface area contributed by atoms with E-state index in [1.54, 1.807) is 11.3 Å². The first-order chi connectivity index (χ1) is 7.99. The molecule has 0 aliphatic heterocycles. The number of benzene rings is 1. The number of halogens is 2. The fourth-order valence-electron chi connectivity index (χ4n) is 1.84. The van der Waals surface area contributed by atoms with Gasteiger partial charge in [-0.1, -0.05) is 17.7 Å². The van der Waals surface area contributed by atoms with Crippen molar-refractivity contribution in [3.05, 3.63) is 54.6 Å². The van der Waals surface area contributed by atoms with Gasteiger partial charge in [-0.25, -0.2) is 0 Å². The second-order valence-corrected chi connectivity index (χ2v) is 6.63. The summed E-state index contributed by atoms with van der Waals surface area (Å²) in [5.41, 5.74) is 8.57. The minimum Gasteiger partial charge on any atom is -0.320 e. The molecule has 0 spiro atoms. The molecule has 2 aromatic rings. The van der Waals surface area contributed by atoms with Crippen molar-refractivity contribution < 1.29 is 0 Å². The normalized spacial score (nSPS) is 12.8. The highest BCUT2D eigenvalue weighted by atomic mass is 79.9. The number of hydrogen-bond donors (Lipinski definition) is 1. The number of thiophene rings is 1. The molecule has 0 aliphatic carbocycles. The van der Waals surface area contributed by atoms with Crippen LogP contribution in [0.4, 0.5) is 0 Å². The van der Waals surface area contributed by atoms with E-state index in [2.05, 4.69) is 28.9 Å². The van der Waals surface area contributed by atoms with Crippen LogP contribution in [0.25, 0.3) is 0 Å². The quantitative estimate of drug-likeness (QED) is 0.838. The van der Waals surface area contributed by atoms with E-state index in [-0.39, 0.29) is 6.04 Å². The summed E-state index contributed by atoms with van der Waals surface area (Å²) >= 11 is 11.2. The van der Waals surface area contributed by atoms with Gasteiger partial charge < -0.3 is 5.73 Å². The summed E-state index contributed by atoms with van der Waals surface area (Å²) in [6.07, 6.45) is 0. The molecule has 0 saturated carbocycles. The molecule has 4 heteroatoms. The molecule has 0 radical (unpaired) electrons. The summed E-state index contributed by atoms with van der Waals surface area (Å²) in [5.74, 6) is 0. The molecule has 1 unspecified atom stereocenters. The van der Waals surface area contributed by atoms with Crippen LogP contribution in [0.1, 0.15) is 26.9 Å². The zero-order chi connectivity index (χ0) is 12.6. The fraction of sp³-hybridized carbons (Fsp3) is 0.231. The van der Waals surface area contributed by atoms with Crippen molar-refractivity contribution in [2.75, 3.05) is 0 Å². The predicted molar refractivity (Wildman–Crippen MR) is 79.0 cm³/mol. The Labute approximate surface area is 119 Å². The smallest absolute Gasteiger partial charge is 0.0660 e. The Morgan fingerprint density at radius 1 is 1.29 bits per heavy atom. The molecule has 0 fully saturated rings. The predicted octanol–water partition coefficient (Wildman–Crippen LogP) is 4.83. The van der Waals surface area contributed by atoms with Crippen molar-refractivity contribution in [3.63, 3.8) is 0 Å². The van der Waals surface area contributed by atoms with Gasteiger partial charge in [-0.05, 0) is 59.1 Å². The maximum absolute atomic E-state index is 6.32. The minimum atomic E-state index is -0.0969. The summed E-state index contributed by atoms with van der Waals surface area (Å²) in [7, 11) is 0. The number of rotatable bonds is 2. The van der Waals surface area contributed by atoms with Crippen LogP contribution in [0.15, 0.2) is 28.7 Å². The Morgan fingerprint density at radius 2 is 2.00 bits per heavy atom. The van der Waals surface area contributed by atoms with E-state index < -0.39 is 0 Å². The second-order valence-electron chi connectivity index (χ2n) is 4.05. The van der Waals surface area contributed by atoms with E-state index in [4.69, 9.17) is 17.3 Å². The van der Waals surface area contributed by atoms with Crippen molar-refractivity contribution in [3.8, 4) is 0 Å². The molecule has 2 N–H and O–H groups in total. The largest absolute Gasteiger partial charge is 0.320 e. The molecule has 1 heterocycles. The van der Waals surface area contributed by atoms with Gasteiger partial charge in [0.15, 0.2) is 0 Å². The Morgan fingerprint density at radius 3 is 2.53 bits per heavy atom. The van der Waals surface area contributed by atoms with Gasteiger partial charge >= 0.3 is 0 Å². The Hall–Kier alpha value is -0.350. The van der Waals surface area contributed by atoms with Crippen LogP contribution >= 0.6 is 38.9 Å². The van der Waals surface area contributed by atoms with Gasteiger partial charge in [0.1, 0.15) is 0 Å². The third kappa shape index (κ3) is 2.74. The highest BCUT2D eigenvalue weighted by Gasteiger charge is 2.16. The molecule has 1 aromatic carbocycles. The van der Waals surface area contributed by atoms with Crippen molar-refractivity contribution in [2.24, 2.45) is 5.73 Å². The molecule has 0 saturated heterocycles. The van der Waals surface area contributed by atoms with Crippen molar-refractivity contribution in [1.29, 1.82) is 0 Å². The highest BCUT2D eigenvalue weighted by Crippen LogP contribution is 2.35. The van der Waals surface area contributed by atoms with E-state index in [0.717, 1.165) is 25.5 Å².